The van der Waals surface area contributed by atoms with Crippen molar-refractivity contribution >= 4 is 17.2 Å². The van der Waals surface area contributed by atoms with Gasteiger partial charge in [-0.15, -0.1) is 0 Å². The van der Waals surface area contributed by atoms with E-state index in [0.717, 1.165) is 24.1 Å². The monoisotopic (exact) mass is 286 g/mol. The lowest BCUT2D eigenvalue weighted by molar-refractivity contribution is 0.0927. The van der Waals surface area contributed by atoms with E-state index in [1.54, 1.807) is 17.5 Å². The van der Waals surface area contributed by atoms with Gasteiger partial charge in [0.25, 0.3) is 5.91 Å². The van der Waals surface area contributed by atoms with Crippen molar-refractivity contribution in [2.45, 2.75) is 38.1 Å². The summed E-state index contributed by atoms with van der Waals surface area (Å²) in [4.78, 5) is 16.5. The molecule has 3 rings (SSSR count). The second-order valence-electron chi connectivity index (χ2n) is 5.25. The molecule has 1 saturated carbocycles. The number of hydrogen-bond donors (Lipinski definition) is 1. The van der Waals surface area contributed by atoms with E-state index in [9.17, 15) is 4.79 Å². The number of hydrogen-bond acceptors (Lipinski definition) is 3. The molecule has 0 aliphatic heterocycles. The second-order valence-corrected chi connectivity index (χ2v) is 6.03. The van der Waals surface area contributed by atoms with E-state index >= 15 is 0 Å². The largest absolute Gasteiger partial charge is 0.349 e. The van der Waals surface area contributed by atoms with Gasteiger partial charge in [0.15, 0.2) is 0 Å². The minimum Gasteiger partial charge on any atom is -0.349 e. The first kappa shape index (κ1) is 13.3. The van der Waals surface area contributed by atoms with Crippen molar-refractivity contribution in [2.24, 2.45) is 0 Å². The Kier molecular flexibility index (Phi) is 4.11. The van der Waals surface area contributed by atoms with Crippen molar-refractivity contribution in [1.82, 2.24) is 10.3 Å². The molecule has 1 amide bonds. The van der Waals surface area contributed by atoms with Crippen LogP contribution >= 0.6 is 11.3 Å². The Balaban J connectivity index is 1.66. The topological polar surface area (TPSA) is 42.0 Å². The van der Waals surface area contributed by atoms with Crippen molar-refractivity contribution in [3.05, 3.63) is 40.7 Å². The Labute approximate surface area is 123 Å². The third kappa shape index (κ3) is 3.07. The van der Waals surface area contributed by atoms with Gasteiger partial charge in [0.1, 0.15) is 0 Å². The van der Waals surface area contributed by atoms with Crippen LogP contribution in [0, 0.1) is 0 Å². The van der Waals surface area contributed by atoms with Crippen LogP contribution in [0.3, 0.4) is 0 Å². The third-order valence-corrected chi connectivity index (χ3v) is 4.47. The molecule has 2 aromatic rings. The van der Waals surface area contributed by atoms with Gasteiger partial charge in [0.2, 0.25) is 0 Å². The summed E-state index contributed by atoms with van der Waals surface area (Å²) in [6.45, 7) is 0. The van der Waals surface area contributed by atoms with Crippen LogP contribution in [0.15, 0.2) is 35.2 Å². The van der Waals surface area contributed by atoms with Gasteiger partial charge in [0.05, 0.1) is 11.3 Å². The Morgan fingerprint density at radius 3 is 2.70 bits per heavy atom. The van der Waals surface area contributed by atoms with Crippen LogP contribution in [0.25, 0.3) is 11.3 Å². The van der Waals surface area contributed by atoms with Gasteiger partial charge in [-0.3, -0.25) is 9.78 Å². The molecule has 1 aliphatic carbocycles. The molecule has 0 spiro atoms. The molecule has 20 heavy (non-hydrogen) atoms. The van der Waals surface area contributed by atoms with Crippen LogP contribution in [0.4, 0.5) is 0 Å². The first-order valence-electron chi connectivity index (χ1n) is 7.12. The molecule has 0 saturated heterocycles. The minimum absolute atomic E-state index is 0.00117. The van der Waals surface area contributed by atoms with Gasteiger partial charge < -0.3 is 5.32 Å². The molecule has 3 nitrogen and oxygen atoms in total. The maximum Gasteiger partial charge on any atom is 0.253 e. The Hall–Kier alpha value is -1.68. The van der Waals surface area contributed by atoms with E-state index in [1.807, 2.05) is 23.6 Å². The summed E-state index contributed by atoms with van der Waals surface area (Å²) >= 11 is 1.65. The smallest absolute Gasteiger partial charge is 0.253 e. The first-order valence-corrected chi connectivity index (χ1v) is 8.07. The number of thiophene rings is 1. The Bertz CT molecular complexity index is 557. The quantitative estimate of drug-likeness (QED) is 0.930. The number of nitrogens with zero attached hydrogens (tertiary/aromatic N) is 1. The number of carbonyl (C=O) groups excluding carboxylic acids is 1. The van der Waals surface area contributed by atoms with Crippen LogP contribution in [0.1, 0.15) is 42.5 Å². The Morgan fingerprint density at radius 2 is 2.05 bits per heavy atom. The summed E-state index contributed by atoms with van der Waals surface area (Å²) in [6.07, 6.45) is 7.62. The predicted octanol–water partition coefficient (Wildman–Crippen LogP) is 3.87. The molecular weight excluding hydrogens is 268 g/mol. The van der Waals surface area contributed by atoms with Crippen molar-refractivity contribution in [3.63, 3.8) is 0 Å². The van der Waals surface area contributed by atoms with Gasteiger partial charge in [-0.05, 0) is 36.4 Å². The molecule has 2 aromatic heterocycles. The second kappa shape index (κ2) is 6.18. The molecule has 0 aromatic carbocycles. The van der Waals surface area contributed by atoms with E-state index < -0.39 is 0 Å². The molecule has 0 atom stereocenters. The zero-order chi connectivity index (χ0) is 13.8. The summed E-state index contributed by atoms with van der Waals surface area (Å²) in [7, 11) is 0. The van der Waals surface area contributed by atoms with Crippen LogP contribution in [-0.2, 0) is 0 Å². The number of amides is 1. The summed E-state index contributed by atoms with van der Waals surface area (Å²) < 4.78 is 0. The zero-order valence-electron chi connectivity index (χ0n) is 11.3. The summed E-state index contributed by atoms with van der Waals surface area (Å²) in [6, 6.07) is 6.15. The first-order chi connectivity index (χ1) is 9.83. The molecule has 1 aliphatic rings. The number of pyridine rings is 1. The van der Waals surface area contributed by atoms with Crippen molar-refractivity contribution in [2.75, 3.05) is 0 Å². The molecule has 1 fully saturated rings. The molecule has 4 heteroatoms. The van der Waals surface area contributed by atoms with Crippen molar-refractivity contribution in [1.29, 1.82) is 0 Å². The average Bonchev–Trinajstić information content (AvgIpc) is 3.03. The normalized spacial score (nSPS) is 16.0. The van der Waals surface area contributed by atoms with E-state index in [-0.39, 0.29) is 5.91 Å². The highest BCUT2D eigenvalue weighted by Gasteiger charge is 2.16. The van der Waals surface area contributed by atoms with E-state index in [1.165, 1.54) is 19.3 Å². The van der Waals surface area contributed by atoms with Crippen molar-refractivity contribution in [3.8, 4) is 11.3 Å². The molecule has 0 unspecified atom stereocenters. The lowest BCUT2D eigenvalue weighted by atomic mass is 9.95. The fourth-order valence-corrected chi connectivity index (χ4v) is 3.27. The minimum atomic E-state index is 0.00117. The molecule has 1 N–H and O–H groups in total. The van der Waals surface area contributed by atoms with Crippen LogP contribution < -0.4 is 5.32 Å². The number of nitrogens with one attached hydrogen (secondary N) is 1. The van der Waals surface area contributed by atoms with Gasteiger partial charge in [-0.2, -0.15) is 11.3 Å². The molecule has 104 valence electrons. The highest BCUT2D eigenvalue weighted by molar-refractivity contribution is 7.08. The van der Waals surface area contributed by atoms with Crippen LogP contribution in [-0.4, -0.2) is 16.9 Å². The van der Waals surface area contributed by atoms with Crippen molar-refractivity contribution < 1.29 is 4.79 Å². The van der Waals surface area contributed by atoms with Gasteiger partial charge in [-0.1, -0.05) is 19.3 Å². The van der Waals surface area contributed by atoms with Gasteiger partial charge >= 0.3 is 0 Å². The molecule has 2 heterocycles. The number of aromatic nitrogens is 1. The number of carbonyl (C=O) groups is 1. The molecule has 0 bridgehead atoms. The molecular formula is C16H18N2OS. The zero-order valence-corrected chi connectivity index (χ0v) is 12.2. The lowest BCUT2D eigenvalue weighted by Gasteiger charge is -2.22. The summed E-state index contributed by atoms with van der Waals surface area (Å²) in [5, 5.41) is 7.20. The lowest BCUT2D eigenvalue weighted by Crippen LogP contribution is -2.36. The standard InChI is InChI=1S/C16H18N2OS/c19-16(18-14-4-2-1-3-5-14)12-6-7-15(17-10-12)13-8-9-20-11-13/h6-11,14H,1-5H2,(H,18,19). The molecule has 0 radical (unpaired) electrons. The predicted molar refractivity (Wildman–Crippen MR) is 81.9 cm³/mol. The summed E-state index contributed by atoms with van der Waals surface area (Å²) in [5.74, 6) is 0.00117. The Morgan fingerprint density at radius 1 is 1.20 bits per heavy atom. The van der Waals surface area contributed by atoms with Gasteiger partial charge in [0, 0.05) is 23.2 Å². The highest BCUT2D eigenvalue weighted by Crippen LogP contribution is 2.20. The third-order valence-electron chi connectivity index (χ3n) is 3.78. The highest BCUT2D eigenvalue weighted by atomic mass is 32.1. The van der Waals surface area contributed by atoms with E-state index in [2.05, 4.69) is 15.7 Å². The SMILES string of the molecule is O=C(NC1CCCCC1)c1ccc(-c2ccsc2)nc1. The van der Waals surface area contributed by atoms with Crippen LogP contribution in [0.2, 0.25) is 0 Å². The van der Waals surface area contributed by atoms with Gasteiger partial charge in [-0.25, -0.2) is 0 Å². The average molecular weight is 286 g/mol. The summed E-state index contributed by atoms with van der Waals surface area (Å²) in [5.41, 5.74) is 2.67. The van der Waals surface area contributed by atoms with E-state index in [0.29, 0.717) is 11.6 Å². The maximum atomic E-state index is 12.2. The fourth-order valence-electron chi connectivity index (χ4n) is 2.62. The number of rotatable bonds is 3. The van der Waals surface area contributed by atoms with E-state index in [4.69, 9.17) is 0 Å². The fraction of sp³-hybridized carbons (Fsp3) is 0.375. The maximum absolute atomic E-state index is 12.2. The van der Waals surface area contributed by atoms with Crippen LogP contribution in [0.5, 0.6) is 0 Å².